The fourth-order valence-corrected chi connectivity index (χ4v) is 2.58. The van der Waals surface area contributed by atoms with Crippen LogP contribution in [0.2, 0.25) is 10.0 Å². The number of hydrogen-bond acceptors (Lipinski definition) is 2. The maximum absolute atomic E-state index is 13.8. The Bertz CT molecular complexity index is 831. The van der Waals surface area contributed by atoms with Crippen LogP contribution in [0.3, 0.4) is 0 Å². The van der Waals surface area contributed by atoms with Crippen LogP contribution in [0.4, 0.5) is 14.9 Å². The van der Waals surface area contributed by atoms with E-state index in [9.17, 15) is 14.0 Å². The van der Waals surface area contributed by atoms with Gasteiger partial charge in [-0.25, -0.2) is 14.1 Å². The van der Waals surface area contributed by atoms with Crippen molar-refractivity contribution in [1.29, 1.82) is 0 Å². The minimum absolute atomic E-state index is 0.0331. The zero-order valence-corrected chi connectivity index (χ0v) is 13.0. The molecule has 0 aromatic heterocycles. The van der Waals surface area contributed by atoms with E-state index in [0.717, 1.165) is 4.90 Å². The van der Waals surface area contributed by atoms with Gasteiger partial charge in [0.05, 0.1) is 10.7 Å². The lowest BCUT2D eigenvalue weighted by Gasteiger charge is -2.11. The summed E-state index contributed by atoms with van der Waals surface area (Å²) in [6.07, 6.45) is 1.21. The molecule has 1 heterocycles. The fourth-order valence-electron chi connectivity index (χ4n) is 2.18. The molecule has 2 aromatic rings. The van der Waals surface area contributed by atoms with E-state index in [1.54, 1.807) is 18.2 Å². The number of urea groups is 1. The Kier molecular flexibility index (Phi) is 4.07. The van der Waals surface area contributed by atoms with E-state index in [-0.39, 0.29) is 16.3 Å². The van der Waals surface area contributed by atoms with Gasteiger partial charge in [0, 0.05) is 10.6 Å². The van der Waals surface area contributed by atoms with E-state index < -0.39 is 17.8 Å². The number of amides is 3. The Morgan fingerprint density at radius 1 is 1.09 bits per heavy atom. The number of halogens is 3. The summed E-state index contributed by atoms with van der Waals surface area (Å²) in [6, 6.07) is 9.82. The number of carbonyl (C=O) groups excluding carboxylic acids is 2. The number of benzene rings is 2. The van der Waals surface area contributed by atoms with Crippen molar-refractivity contribution < 1.29 is 14.0 Å². The summed E-state index contributed by atoms with van der Waals surface area (Å²) < 4.78 is 13.8. The van der Waals surface area contributed by atoms with Gasteiger partial charge in [-0.3, -0.25) is 4.79 Å². The predicted molar refractivity (Wildman–Crippen MR) is 86.9 cm³/mol. The van der Waals surface area contributed by atoms with E-state index in [1.807, 2.05) is 0 Å². The van der Waals surface area contributed by atoms with Crippen LogP contribution in [0, 0.1) is 5.82 Å². The van der Waals surface area contributed by atoms with Gasteiger partial charge in [-0.05, 0) is 36.4 Å². The topological polar surface area (TPSA) is 49.4 Å². The number of imide groups is 1. The molecular weight excluding hydrogens is 342 g/mol. The van der Waals surface area contributed by atoms with Crippen LogP contribution in [0.15, 0.2) is 48.2 Å². The number of hydrogen-bond donors (Lipinski definition) is 1. The Balaban J connectivity index is 2.00. The fraction of sp³-hybridized carbons (Fsp3) is 0. The summed E-state index contributed by atoms with van der Waals surface area (Å²) in [6.45, 7) is 0. The van der Waals surface area contributed by atoms with E-state index in [2.05, 4.69) is 5.32 Å². The molecule has 4 nitrogen and oxygen atoms in total. The lowest BCUT2D eigenvalue weighted by Crippen LogP contribution is -2.30. The normalized spacial score (nSPS) is 16.1. The Labute approximate surface area is 141 Å². The van der Waals surface area contributed by atoms with Crippen LogP contribution in [0.25, 0.3) is 6.08 Å². The van der Waals surface area contributed by atoms with Gasteiger partial charge in [-0.2, -0.15) is 0 Å². The van der Waals surface area contributed by atoms with Crippen LogP contribution >= 0.6 is 23.2 Å². The third-order valence-electron chi connectivity index (χ3n) is 3.23. The largest absolute Gasteiger partial charge is 0.333 e. The summed E-state index contributed by atoms with van der Waals surface area (Å²) in [5.74, 6) is -1.20. The quantitative estimate of drug-likeness (QED) is 0.650. The number of nitrogens with zero attached hydrogens (tertiary/aromatic N) is 1. The summed E-state index contributed by atoms with van der Waals surface area (Å²) in [5, 5.41) is 2.93. The lowest BCUT2D eigenvalue weighted by molar-refractivity contribution is -0.113. The molecule has 0 unspecified atom stereocenters. The summed E-state index contributed by atoms with van der Waals surface area (Å²) >= 11 is 11.8. The average molecular weight is 351 g/mol. The second kappa shape index (κ2) is 6.02. The van der Waals surface area contributed by atoms with Crippen molar-refractivity contribution >= 4 is 46.9 Å². The summed E-state index contributed by atoms with van der Waals surface area (Å²) in [7, 11) is 0. The van der Waals surface area contributed by atoms with Crippen molar-refractivity contribution in [3.63, 3.8) is 0 Å². The Hall–Kier alpha value is -2.37. The van der Waals surface area contributed by atoms with Crippen molar-refractivity contribution in [3.8, 4) is 0 Å². The predicted octanol–water partition coefficient (Wildman–Crippen LogP) is 4.23. The molecule has 1 aliphatic heterocycles. The summed E-state index contributed by atoms with van der Waals surface area (Å²) in [4.78, 5) is 25.4. The molecule has 23 heavy (non-hydrogen) atoms. The van der Waals surface area contributed by atoms with Crippen LogP contribution in [0.1, 0.15) is 5.56 Å². The number of anilines is 1. The van der Waals surface area contributed by atoms with Gasteiger partial charge >= 0.3 is 6.03 Å². The van der Waals surface area contributed by atoms with Crippen LogP contribution < -0.4 is 10.2 Å². The zero-order valence-electron chi connectivity index (χ0n) is 11.5. The molecule has 0 radical (unpaired) electrons. The Morgan fingerprint density at radius 3 is 2.52 bits per heavy atom. The minimum atomic E-state index is -0.643. The third kappa shape index (κ3) is 2.93. The van der Waals surface area contributed by atoms with Gasteiger partial charge in [0.15, 0.2) is 0 Å². The van der Waals surface area contributed by atoms with Gasteiger partial charge < -0.3 is 5.32 Å². The standard InChI is InChI=1S/C16H9Cl2FN2O2/c17-9-3-1-4-10(7-9)21-15(22)14(20-16(21)23)8-11-12(18)5-2-6-13(11)19/h1-8H,(H,20,23). The highest BCUT2D eigenvalue weighted by Gasteiger charge is 2.35. The highest BCUT2D eigenvalue weighted by atomic mass is 35.5. The van der Waals surface area contributed by atoms with Gasteiger partial charge in [0.1, 0.15) is 11.5 Å². The minimum Gasteiger partial charge on any atom is -0.302 e. The molecule has 0 spiro atoms. The smallest absolute Gasteiger partial charge is 0.302 e. The molecule has 0 aliphatic carbocycles. The maximum Gasteiger partial charge on any atom is 0.333 e. The number of rotatable bonds is 2. The van der Waals surface area contributed by atoms with Crippen LogP contribution in [-0.2, 0) is 4.79 Å². The Morgan fingerprint density at radius 2 is 1.83 bits per heavy atom. The first-order valence-electron chi connectivity index (χ1n) is 6.54. The molecule has 1 saturated heterocycles. The van der Waals surface area contributed by atoms with E-state index in [4.69, 9.17) is 23.2 Å². The average Bonchev–Trinajstić information content (AvgIpc) is 2.77. The number of carbonyl (C=O) groups is 2. The van der Waals surface area contributed by atoms with E-state index >= 15 is 0 Å². The molecule has 1 aliphatic rings. The van der Waals surface area contributed by atoms with Gasteiger partial charge in [0.2, 0.25) is 0 Å². The molecule has 1 N–H and O–H groups in total. The van der Waals surface area contributed by atoms with Crippen molar-refractivity contribution in [1.82, 2.24) is 5.32 Å². The molecule has 116 valence electrons. The molecule has 7 heteroatoms. The van der Waals surface area contributed by atoms with Crippen molar-refractivity contribution in [2.75, 3.05) is 4.90 Å². The second-order valence-electron chi connectivity index (χ2n) is 4.74. The van der Waals surface area contributed by atoms with E-state index in [0.29, 0.717) is 10.7 Å². The molecule has 2 aromatic carbocycles. The van der Waals surface area contributed by atoms with Gasteiger partial charge in [-0.1, -0.05) is 35.3 Å². The molecule has 1 fully saturated rings. The highest BCUT2D eigenvalue weighted by Crippen LogP contribution is 2.27. The zero-order chi connectivity index (χ0) is 16.6. The number of nitrogens with one attached hydrogen (secondary N) is 1. The molecule has 0 bridgehead atoms. The molecular formula is C16H9Cl2FN2O2. The monoisotopic (exact) mass is 350 g/mol. The highest BCUT2D eigenvalue weighted by molar-refractivity contribution is 6.33. The SMILES string of the molecule is O=C1NC(=Cc2c(F)cccc2Cl)C(=O)N1c1cccc(Cl)c1. The van der Waals surface area contributed by atoms with Gasteiger partial charge in [-0.15, -0.1) is 0 Å². The first kappa shape index (κ1) is 15.5. The first-order chi connectivity index (χ1) is 11.0. The second-order valence-corrected chi connectivity index (χ2v) is 5.59. The van der Waals surface area contributed by atoms with Crippen molar-refractivity contribution in [2.45, 2.75) is 0 Å². The first-order valence-corrected chi connectivity index (χ1v) is 7.29. The van der Waals surface area contributed by atoms with Crippen LogP contribution in [0.5, 0.6) is 0 Å². The molecule has 0 atom stereocenters. The molecule has 0 saturated carbocycles. The van der Waals surface area contributed by atoms with Gasteiger partial charge in [0.25, 0.3) is 5.91 Å². The van der Waals surface area contributed by atoms with Crippen LogP contribution in [-0.4, -0.2) is 11.9 Å². The van der Waals surface area contributed by atoms with Crippen molar-refractivity contribution in [3.05, 3.63) is 69.6 Å². The molecule has 3 amide bonds. The lowest BCUT2D eigenvalue weighted by atomic mass is 10.1. The maximum atomic E-state index is 13.8. The van der Waals surface area contributed by atoms with E-state index in [1.165, 1.54) is 30.3 Å². The molecule has 3 rings (SSSR count). The summed E-state index contributed by atoms with van der Waals surface area (Å²) in [5.41, 5.74) is 0.288. The van der Waals surface area contributed by atoms with Crippen molar-refractivity contribution in [2.24, 2.45) is 0 Å². The third-order valence-corrected chi connectivity index (χ3v) is 3.80.